The van der Waals surface area contributed by atoms with Gasteiger partial charge in [0, 0.05) is 0 Å². The van der Waals surface area contributed by atoms with Gasteiger partial charge >= 0.3 is 0 Å². The van der Waals surface area contributed by atoms with Crippen molar-refractivity contribution in [2.75, 3.05) is 0 Å². The largest absolute Gasteiger partial charge is 0.0654 e. The maximum atomic E-state index is 4.04. The van der Waals surface area contributed by atoms with Crippen molar-refractivity contribution in [1.29, 1.82) is 0 Å². The Morgan fingerprint density at radius 1 is 0.846 bits per heavy atom. The highest BCUT2D eigenvalue weighted by Gasteiger charge is 2.04. The van der Waals surface area contributed by atoms with Crippen LogP contribution in [0.3, 0.4) is 0 Å². The second-order valence-corrected chi connectivity index (χ2v) is 4.15. The Hall–Kier alpha value is 0. The van der Waals surface area contributed by atoms with E-state index in [1.54, 1.807) is 0 Å². The van der Waals surface area contributed by atoms with Crippen molar-refractivity contribution in [2.24, 2.45) is 5.92 Å². The van der Waals surface area contributed by atoms with Crippen LogP contribution in [0, 0.1) is 12.8 Å². The van der Waals surface area contributed by atoms with E-state index < -0.39 is 0 Å². The molecule has 0 saturated heterocycles. The van der Waals surface area contributed by atoms with Gasteiger partial charge in [-0.25, -0.2) is 0 Å². The summed E-state index contributed by atoms with van der Waals surface area (Å²) in [7, 11) is 0. The number of hydrogen-bond acceptors (Lipinski definition) is 0. The fourth-order valence-corrected chi connectivity index (χ4v) is 1.79. The molecule has 79 valence electrons. The molecule has 0 aromatic carbocycles. The van der Waals surface area contributed by atoms with Crippen molar-refractivity contribution in [2.45, 2.75) is 71.6 Å². The molecule has 0 nitrogen and oxygen atoms in total. The maximum absolute atomic E-state index is 4.04. The summed E-state index contributed by atoms with van der Waals surface area (Å²) in [4.78, 5) is 0. The summed E-state index contributed by atoms with van der Waals surface area (Å²) >= 11 is 0. The van der Waals surface area contributed by atoms with Gasteiger partial charge in [-0.15, -0.1) is 0 Å². The maximum Gasteiger partial charge on any atom is -0.0414 e. The van der Waals surface area contributed by atoms with Gasteiger partial charge in [0.1, 0.15) is 0 Å². The average Bonchev–Trinajstić information content (AvgIpc) is 2.17. The highest BCUT2D eigenvalue weighted by atomic mass is 14.1. The summed E-state index contributed by atoms with van der Waals surface area (Å²) < 4.78 is 0. The molecule has 0 fully saturated rings. The van der Waals surface area contributed by atoms with Crippen LogP contribution in [-0.4, -0.2) is 0 Å². The predicted octanol–water partition coefficient (Wildman–Crippen LogP) is 4.99. The van der Waals surface area contributed by atoms with Crippen LogP contribution >= 0.6 is 0 Å². The van der Waals surface area contributed by atoms with Gasteiger partial charge in [0.05, 0.1) is 0 Å². The van der Waals surface area contributed by atoms with Gasteiger partial charge in [0.25, 0.3) is 0 Å². The molecule has 0 aliphatic rings. The van der Waals surface area contributed by atoms with E-state index in [4.69, 9.17) is 0 Å². The van der Waals surface area contributed by atoms with Crippen LogP contribution in [0.2, 0.25) is 0 Å². The fraction of sp³-hybridized carbons (Fsp3) is 0.923. The van der Waals surface area contributed by atoms with E-state index >= 15 is 0 Å². The first-order valence-corrected chi connectivity index (χ1v) is 6.14. The molecule has 0 aliphatic carbocycles. The Labute approximate surface area is 85.1 Å². The van der Waals surface area contributed by atoms with E-state index in [0.717, 1.165) is 12.3 Å². The highest BCUT2D eigenvalue weighted by molar-refractivity contribution is 4.61. The zero-order chi connectivity index (χ0) is 9.94. The minimum Gasteiger partial charge on any atom is -0.0654 e. The van der Waals surface area contributed by atoms with Gasteiger partial charge in [-0.1, -0.05) is 78.6 Å². The lowest BCUT2D eigenvalue weighted by Gasteiger charge is -2.13. The number of hydrogen-bond donors (Lipinski definition) is 0. The van der Waals surface area contributed by atoms with E-state index in [-0.39, 0.29) is 0 Å². The van der Waals surface area contributed by atoms with Crippen molar-refractivity contribution < 1.29 is 0 Å². The monoisotopic (exact) mass is 183 g/mol. The number of unbranched alkanes of at least 4 members (excludes halogenated alkanes) is 4. The molecule has 0 saturated carbocycles. The minimum absolute atomic E-state index is 0.914. The standard InChI is InChI=1S/C13H27/c1-4-7-9-10-12-13(6-3)11-8-5-2/h13H,3-12H2,1-2H3. The van der Waals surface area contributed by atoms with E-state index in [9.17, 15) is 0 Å². The summed E-state index contributed by atoms with van der Waals surface area (Å²) in [6.07, 6.45) is 12.3. The van der Waals surface area contributed by atoms with Gasteiger partial charge in [-0.3, -0.25) is 0 Å². The molecule has 0 amide bonds. The van der Waals surface area contributed by atoms with Gasteiger partial charge in [0.15, 0.2) is 0 Å². The summed E-state index contributed by atoms with van der Waals surface area (Å²) in [6, 6.07) is 0. The van der Waals surface area contributed by atoms with Crippen molar-refractivity contribution in [3.63, 3.8) is 0 Å². The third-order valence-corrected chi connectivity index (χ3v) is 2.84. The molecule has 0 N–H and O–H groups in total. The van der Waals surface area contributed by atoms with Crippen LogP contribution < -0.4 is 0 Å². The Bertz CT molecular complexity index is 86.0. The Kier molecular flexibility index (Phi) is 10.1. The second kappa shape index (κ2) is 10.1. The first kappa shape index (κ1) is 13.0. The van der Waals surface area contributed by atoms with E-state index in [0.29, 0.717) is 0 Å². The lowest BCUT2D eigenvalue weighted by Crippen LogP contribution is -1.98. The molecule has 1 atom stereocenters. The predicted molar refractivity (Wildman–Crippen MR) is 61.7 cm³/mol. The van der Waals surface area contributed by atoms with Crippen LogP contribution in [0.25, 0.3) is 0 Å². The molecule has 0 bridgehead atoms. The van der Waals surface area contributed by atoms with Crippen LogP contribution in [0.15, 0.2) is 0 Å². The molecule has 13 heavy (non-hydrogen) atoms. The molecular weight excluding hydrogens is 156 g/mol. The summed E-state index contributed by atoms with van der Waals surface area (Å²) in [6.45, 7) is 8.59. The van der Waals surface area contributed by atoms with Crippen LogP contribution in [-0.2, 0) is 0 Å². The number of rotatable bonds is 9. The zero-order valence-electron chi connectivity index (χ0n) is 9.65. The molecule has 0 rings (SSSR count). The first-order valence-electron chi connectivity index (χ1n) is 6.14. The summed E-state index contributed by atoms with van der Waals surface area (Å²) in [5, 5.41) is 0. The molecule has 1 radical (unpaired) electrons. The Balaban J connectivity index is 3.25. The molecule has 0 heteroatoms. The van der Waals surface area contributed by atoms with E-state index in [1.807, 2.05) is 0 Å². The minimum atomic E-state index is 0.914. The summed E-state index contributed by atoms with van der Waals surface area (Å²) in [5.41, 5.74) is 0. The molecule has 0 aliphatic heterocycles. The van der Waals surface area contributed by atoms with Crippen molar-refractivity contribution in [3.05, 3.63) is 6.92 Å². The smallest absolute Gasteiger partial charge is 0.0414 e. The van der Waals surface area contributed by atoms with Gasteiger partial charge in [-0.2, -0.15) is 0 Å². The fourth-order valence-electron chi connectivity index (χ4n) is 1.79. The van der Waals surface area contributed by atoms with Crippen LogP contribution in [0.5, 0.6) is 0 Å². The Morgan fingerprint density at radius 3 is 2.00 bits per heavy atom. The normalized spacial score (nSPS) is 13.2. The SMILES string of the molecule is [CH2]CC(CCCC)CCCCCC. The third-order valence-electron chi connectivity index (χ3n) is 2.84. The van der Waals surface area contributed by atoms with Gasteiger partial charge in [-0.05, 0) is 5.92 Å². The molecule has 0 aromatic heterocycles. The third kappa shape index (κ3) is 8.33. The molecular formula is C13H27. The molecule has 0 spiro atoms. The first-order chi connectivity index (χ1) is 6.35. The second-order valence-electron chi connectivity index (χ2n) is 4.15. The van der Waals surface area contributed by atoms with Crippen LogP contribution in [0.1, 0.15) is 71.6 Å². The summed E-state index contributed by atoms with van der Waals surface area (Å²) in [5.74, 6) is 0.914. The Morgan fingerprint density at radius 2 is 1.46 bits per heavy atom. The quantitative estimate of drug-likeness (QED) is 0.442. The lowest BCUT2D eigenvalue weighted by molar-refractivity contribution is 0.415. The van der Waals surface area contributed by atoms with E-state index in [1.165, 1.54) is 51.4 Å². The lowest BCUT2D eigenvalue weighted by atomic mass is 9.93. The van der Waals surface area contributed by atoms with Crippen molar-refractivity contribution in [1.82, 2.24) is 0 Å². The molecule has 0 heterocycles. The van der Waals surface area contributed by atoms with E-state index in [2.05, 4.69) is 20.8 Å². The van der Waals surface area contributed by atoms with Gasteiger partial charge in [0.2, 0.25) is 0 Å². The highest BCUT2D eigenvalue weighted by Crippen LogP contribution is 2.19. The average molecular weight is 183 g/mol. The molecule has 1 unspecified atom stereocenters. The van der Waals surface area contributed by atoms with Gasteiger partial charge < -0.3 is 0 Å². The van der Waals surface area contributed by atoms with Crippen LogP contribution in [0.4, 0.5) is 0 Å². The van der Waals surface area contributed by atoms with Crippen molar-refractivity contribution >= 4 is 0 Å². The topological polar surface area (TPSA) is 0 Å². The zero-order valence-corrected chi connectivity index (χ0v) is 9.65. The molecule has 0 aromatic rings. The van der Waals surface area contributed by atoms with Crippen molar-refractivity contribution in [3.8, 4) is 0 Å².